The fourth-order valence-electron chi connectivity index (χ4n) is 3.76. The number of anilines is 1. The van der Waals surface area contributed by atoms with Crippen LogP contribution in [-0.4, -0.2) is 47.0 Å². The van der Waals surface area contributed by atoms with E-state index in [0.29, 0.717) is 0 Å². The molecule has 134 valence electrons. The van der Waals surface area contributed by atoms with Crippen LogP contribution in [0.1, 0.15) is 27.3 Å². The molecule has 4 rings (SSSR count). The zero-order valence-electron chi connectivity index (χ0n) is 15.5. The van der Waals surface area contributed by atoms with Crippen LogP contribution in [0.15, 0.2) is 36.4 Å². The number of aromatic amines is 1. The fraction of sp³-hybridized carbons (Fsp3) is 0.333. The highest BCUT2D eigenvalue weighted by Crippen LogP contribution is 2.23. The SMILES string of the molecule is Cc1ccc(N2CCN(C(=O)c3ccc4nc(C)[nH]c4c3)CC2)c(C)c1. The molecule has 1 amide bonds. The second-order valence-electron chi connectivity index (χ2n) is 7.12. The second-order valence-corrected chi connectivity index (χ2v) is 7.12. The summed E-state index contributed by atoms with van der Waals surface area (Å²) in [4.78, 5) is 24.8. The molecule has 5 heteroatoms. The molecular weight excluding hydrogens is 324 g/mol. The van der Waals surface area contributed by atoms with Crippen molar-refractivity contribution in [3.8, 4) is 0 Å². The predicted octanol–water partition coefficient (Wildman–Crippen LogP) is 3.45. The summed E-state index contributed by atoms with van der Waals surface area (Å²) in [6.07, 6.45) is 0. The van der Waals surface area contributed by atoms with Crippen LogP contribution in [-0.2, 0) is 0 Å². The highest BCUT2D eigenvalue weighted by molar-refractivity contribution is 5.97. The number of hydrogen-bond donors (Lipinski definition) is 1. The normalized spacial score (nSPS) is 14.9. The van der Waals surface area contributed by atoms with E-state index in [0.717, 1.165) is 48.6 Å². The Kier molecular flexibility index (Phi) is 4.15. The molecule has 1 aliphatic rings. The third-order valence-corrected chi connectivity index (χ3v) is 5.11. The average Bonchev–Trinajstić information content (AvgIpc) is 3.00. The van der Waals surface area contributed by atoms with Crippen molar-refractivity contribution in [1.82, 2.24) is 14.9 Å². The number of nitrogens with zero attached hydrogens (tertiary/aromatic N) is 3. The summed E-state index contributed by atoms with van der Waals surface area (Å²) in [6, 6.07) is 12.3. The first-order valence-electron chi connectivity index (χ1n) is 9.09. The van der Waals surface area contributed by atoms with Gasteiger partial charge in [0.25, 0.3) is 5.91 Å². The number of carbonyl (C=O) groups is 1. The van der Waals surface area contributed by atoms with E-state index in [-0.39, 0.29) is 5.91 Å². The molecule has 0 saturated carbocycles. The highest BCUT2D eigenvalue weighted by Gasteiger charge is 2.23. The molecule has 0 unspecified atom stereocenters. The summed E-state index contributed by atoms with van der Waals surface area (Å²) in [5.41, 5.74) is 6.40. The average molecular weight is 348 g/mol. The zero-order chi connectivity index (χ0) is 18.3. The molecule has 0 aliphatic carbocycles. The fourth-order valence-corrected chi connectivity index (χ4v) is 3.76. The Morgan fingerprint density at radius 1 is 1.00 bits per heavy atom. The maximum Gasteiger partial charge on any atom is 0.254 e. The Hall–Kier alpha value is -2.82. The van der Waals surface area contributed by atoms with Crippen molar-refractivity contribution in [3.05, 3.63) is 58.9 Å². The first kappa shape index (κ1) is 16.6. The Morgan fingerprint density at radius 3 is 2.50 bits per heavy atom. The zero-order valence-corrected chi connectivity index (χ0v) is 15.5. The lowest BCUT2D eigenvalue weighted by atomic mass is 10.1. The van der Waals surface area contributed by atoms with E-state index in [1.165, 1.54) is 16.8 Å². The van der Waals surface area contributed by atoms with Crippen molar-refractivity contribution in [2.24, 2.45) is 0 Å². The van der Waals surface area contributed by atoms with Crippen LogP contribution in [0.4, 0.5) is 5.69 Å². The van der Waals surface area contributed by atoms with Gasteiger partial charge in [0, 0.05) is 37.4 Å². The van der Waals surface area contributed by atoms with Gasteiger partial charge in [-0.25, -0.2) is 4.98 Å². The summed E-state index contributed by atoms with van der Waals surface area (Å²) >= 11 is 0. The number of aromatic nitrogens is 2. The number of carbonyl (C=O) groups excluding carboxylic acids is 1. The summed E-state index contributed by atoms with van der Waals surface area (Å²) in [5.74, 6) is 0.964. The van der Waals surface area contributed by atoms with Gasteiger partial charge in [-0.3, -0.25) is 4.79 Å². The van der Waals surface area contributed by atoms with Gasteiger partial charge in [-0.15, -0.1) is 0 Å². The first-order valence-corrected chi connectivity index (χ1v) is 9.09. The molecule has 0 radical (unpaired) electrons. The molecular formula is C21H24N4O. The summed E-state index contributed by atoms with van der Waals surface area (Å²) in [5, 5.41) is 0. The van der Waals surface area contributed by atoms with Crippen molar-refractivity contribution >= 4 is 22.6 Å². The van der Waals surface area contributed by atoms with Crippen LogP contribution in [0.25, 0.3) is 11.0 Å². The molecule has 0 atom stereocenters. The Morgan fingerprint density at radius 2 is 1.77 bits per heavy atom. The molecule has 2 heterocycles. The number of imidazole rings is 1. The minimum absolute atomic E-state index is 0.0967. The Bertz CT molecular complexity index is 967. The molecule has 1 fully saturated rings. The van der Waals surface area contributed by atoms with Crippen LogP contribution in [0.5, 0.6) is 0 Å². The number of amides is 1. The number of aryl methyl sites for hydroxylation is 3. The van der Waals surface area contributed by atoms with Gasteiger partial charge in [0.05, 0.1) is 11.0 Å². The standard InChI is InChI=1S/C21H24N4O/c1-14-4-7-20(15(2)12-14)24-8-10-25(11-9-24)21(26)17-5-6-18-19(13-17)23-16(3)22-18/h4-7,12-13H,8-11H2,1-3H3,(H,22,23). The van der Waals surface area contributed by atoms with Gasteiger partial charge in [0.15, 0.2) is 0 Å². The van der Waals surface area contributed by atoms with E-state index in [1.54, 1.807) is 0 Å². The number of H-pyrrole nitrogens is 1. The molecule has 2 aromatic carbocycles. The molecule has 0 spiro atoms. The molecule has 1 aliphatic heterocycles. The predicted molar refractivity (Wildman–Crippen MR) is 105 cm³/mol. The van der Waals surface area contributed by atoms with E-state index in [9.17, 15) is 4.79 Å². The van der Waals surface area contributed by atoms with Crippen LogP contribution in [0.3, 0.4) is 0 Å². The lowest BCUT2D eigenvalue weighted by Gasteiger charge is -2.37. The highest BCUT2D eigenvalue weighted by atomic mass is 16.2. The molecule has 5 nitrogen and oxygen atoms in total. The third kappa shape index (κ3) is 3.05. The van der Waals surface area contributed by atoms with E-state index in [4.69, 9.17) is 0 Å². The van der Waals surface area contributed by atoms with Gasteiger partial charge in [-0.1, -0.05) is 17.7 Å². The smallest absolute Gasteiger partial charge is 0.254 e. The van der Waals surface area contributed by atoms with E-state index >= 15 is 0 Å². The molecule has 3 aromatic rings. The largest absolute Gasteiger partial charge is 0.368 e. The minimum Gasteiger partial charge on any atom is -0.368 e. The molecule has 1 saturated heterocycles. The van der Waals surface area contributed by atoms with Crippen molar-refractivity contribution in [2.45, 2.75) is 20.8 Å². The maximum atomic E-state index is 12.9. The van der Waals surface area contributed by atoms with Crippen molar-refractivity contribution < 1.29 is 4.79 Å². The van der Waals surface area contributed by atoms with Crippen molar-refractivity contribution in [2.75, 3.05) is 31.1 Å². The van der Waals surface area contributed by atoms with Crippen molar-refractivity contribution in [1.29, 1.82) is 0 Å². The van der Waals surface area contributed by atoms with Gasteiger partial charge in [-0.05, 0) is 50.6 Å². The summed E-state index contributed by atoms with van der Waals surface area (Å²) < 4.78 is 0. The third-order valence-electron chi connectivity index (χ3n) is 5.11. The second kappa shape index (κ2) is 6.48. The molecule has 1 N–H and O–H groups in total. The van der Waals surface area contributed by atoms with Crippen molar-refractivity contribution in [3.63, 3.8) is 0 Å². The van der Waals surface area contributed by atoms with Gasteiger partial charge in [0.2, 0.25) is 0 Å². The summed E-state index contributed by atoms with van der Waals surface area (Å²) in [6.45, 7) is 9.40. The number of fused-ring (bicyclic) bond motifs is 1. The van der Waals surface area contributed by atoms with Crippen LogP contribution < -0.4 is 4.90 Å². The molecule has 1 aromatic heterocycles. The summed E-state index contributed by atoms with van der Waals surface area (Å²) in [7, 11) is 0. The monoisotopic (exact) mass is 348 g/mol. The van der Waals surface area contributed by atoms with E-state index in [1.807, 2.05) is 30.0 Å². The number of nitrogens with one attached hydrogen (secondary N) is 1. The van der Waals surface area contributed by atoms with Gasteiger partial charge < -0.3 is 14.8 Å². The topological polar surface area (TPSA) is 52.2 Å². The minimum atomic E-state index is 0.0967. The number of piperazine rings is 1. The molecule has 26 heavy (non-hydrogen) atoms. The van der Waals surface area contributed by atoms with Crippen LogP contribution in [0.2, 0.25) is 0 Å². The maximum absolute atomic E-state index is 12.9. The lowest BCUT2D eigenvalue weighted by Crippen LogP contribution is -2.49. The van der Waals surface area contributed by atoms with Gasteiger partial charge in [0.1, 0.15) is 5.82 Å². The Balaban J connectivity index is 1.47. The first-order chi connectivity index (χ1) is 12.5. The van der Waals surface area contributed by atoms with E-state index in [2.05, 4.69) is 46.9 Å². The Labute approximate surface area is 153 Å². The van der Waals surface area contributed by atoms with Crippen LogP contribution in [0, 0.1) is 20.8 Å². The van der Waals surface area contributed by atoms with Crippen LogP contribution >= 0.6 is 0 Å². The quantitative estimate of drug-likeness (QED) is 0.772. The number of benzene rings is 2. The number of rotatable bonds is 2. The molecule has 0 bridgehead atoms. The number of hydrogen-bond acceptors (Lipinski definition) is 3. The van der Waals surface area contributed by atoms with Gasteiger partial charge in [-0.2, -0.15) is 0 Å². The lowest BCUT2D eigenvalue weighted by molar-refractivity contribution is 0.0747. The van der Waals surface area contributed by atoms with Gasteiger partial charge >= 0.3 is 0 Å². The van der Waals surface area contributed by atoms with E-state index < -0.39 is 0 Å².